The minimum absolute atomic E-state index is 0.0119. The van der Waals surface area contributed by atoms with Crippen molar-refractivity contribution >= 4 is 46.1 Å². The number of rotatable bonds is 6. The second kappa shape index (κ2) is 10.8. The van der Waals surface area contributed by atoms with E-state index >= 15 is 0 Å². The van der Waals surface area contributed by atoms with E-state index in [9.17, 15) is 44.5 Å². The highest BCUT2D eigenvalue weighted by atomic mass is 16.6. The number of carbonyl (C=O) groups excluding carboxylic acids is 4. The lowest BCUT2D eigenvalue weighted by molar-refractivity contribution is -0.392. The molecule has 14 nitrogen and oxygen atoms in total. The molecule has 2 aromatic rings. The molecule has 6 rings (SSSR count). The molecular formula is C32H28N4O10. The maximum Gasteiger partial charge on any atom is 0.301 e. The van der Waals surface area contributed by atoms with Crippen molar-refractivity contribution in [2.24, 2.45) is 17.8 Å². The molecule has 0 radical (unpaired) electrons. The van der Waals surface area contributed by atoms with Crippen molar-refractivity contribution in [1.29, 1.82) is 0 Å². The van der Waals surface area contributed by atoms with E-state index in [0.717, 1.165) is 17.0 Å². The van der Waals surface area contributed by atoms with Crippen LogP contribution in [0, 0.1) is 38.0 Å². The Bertz CT molecular complexity index is 1870. The Morgan fingerprint density at radius 1 is 0.978 bits per heavy atom. The lowest BCUT2D eigenvalue weighted by Crippen LogP contribution is -2.39. The molecule has 4 unspecified atom stereocenters. The van der Waals surface area contributed by atoms with Crippen molar-refractivity contribution in [1.82, 2.24) is 0 Å². The van der Waals surface area contributed by atoms with E-state index in [1.165, 1.54) is 44.3 Å². The smallest absolute Gasteiger partial charge is 0.301 e. The van der Waals surface area contributed by atoms with Crippen LogP contribution in [0.4, 0.5) is 22.7 Å². The third-order valence-corrected chi connectivity index (χ3v) is 9.25. The van der Waals surface area contributed by atoms with Crippen LogP contribution in [0.2, 0.25) is 0 Å². The molecule has 236 valence electrons. The number of phenols is 1. The van der Waals surface area contributed by atoms with Crippen molar-refractivity contribution in [3.8, 4) is 11.5 Å². The maximum absolute atomic E-state index is 14.2. The number of Topliss-reactive ketones (excluding diaryl/α,β-unsaturated/α-hetero) is 1. The van der Waals surface area contributed by atoms with Gasteiger partial charge in [0.05, 0.1) is 34.5 Å². The van der Waals surface area contributed by atoms with Crippen molar-refractivity contribution in [2.45, 2.75) is 25.7 Å². The minimum Gasteiger partial charge on any atom is -0.504 e. The Balaban J connectivity index is 1.48. The maximum atomic E-state index is 14.2. The van der Waals surface area contributed by atoms with Gasteiger partial charge in [-0.1, -0.05) is 17.7 Å². The average molecular weight is 629 g/mol. The topological polar surface area (TPSA) is 190 Å². The van der Waals surface area contributed by atoms with E-state index in [2.05, 4.69) is 0 Å². The first-order valence-electron chi connectivity index (χ1n) is 14.4. The highest BCUT2D eigenvalue weighted by molar-refractivity contribution is 6.25. The summed E-state index contributed by atoms with van der Waals surface area (Å²) < 4.78 is 5.18. The van der Waals surface area contributed by atoms with E-state index in [-0.39, 0.29) is 58.2 Å². The third kappa shape index (κ3) is 4.39. The van der Waals surface area contributed by atoms with Gasteiger partial charge in [-0.15, -0.1) is 0 Å². The first-order chi connectivity index (χ1) is 21.8. The lowest BCUT2D eigenvalue weighted by Gasteiger charge is -2.42. The SMILES string of the molecule is COc1ccc(C2C3=CCC4C(=O)N(c5cc([N+](=O)[O-])c(N(C)C)c([N+](=O)[O-])c5)C(=O)C4C3CC3=C2C(=O)C(C)=CC3=O)cc1O. The second-order valence-corrected chi connectivity index (χ2v) is 11.9. The van der Waals surface area contributed by atoms with Gasteiger partial charge in [-0.3, -0.25) is 39.4 Å². The number of methoxy groups -OCH3 is 1. The molecule has 4 aliphatic rings. The number of nitro groups is 2. The van der Waals surface area contributed by atoms with Gasteiger partial charge in [-0.25, -0.2) is 4.90 Å². The number of ketones is 2. The van der Waals surface area contributed by atoms with Crippen molar-refractivity contribution in [3.05, 3.63) is 90.6 Å². The van der Waals surface area contributed by atoms with E-state index in [4.69, 9.17) is 4.74 Å². The molecule has 1 aliphatic heterocycles. The van der Waals surface area contributed by atoms with Crippen LogP contribution >= 0.6 is 0 Å². The Hall–Kier alpha value is -5.66. The molecule has 4 atom stereocenters. The predicted molar refractivity (Wildman–Crippen MR) is 163 cm³/mol. The fourth-order valence-electron chi connectivity index (χ4n) is 7.34. The Morgan fingerprint density at radius 2 is 1.63 bits per heavy atom. The van der Waals surface area contributed by atoms with Gasteiger partial charge in [-0.2, -0.15) is 0 Å². The van der Waals surface area contributed by atoms with Gasteiger partial charge in [0.2, 0.25) is 11.8 Å². The van der Waals surface area contributed by atoms with Gasteiger partial charge in [0.15, 0.2) is 28.8 Å². The number of carbonyl (C=O) groups is 4. The summed E-state index contributed by atoms with van der Waals surface area (Å²) in [5, 5.41) is 34.6. The number of anilines is 2. The molecule has 0 saturated carbocycles. The average Bonchev–Trinajstić information content (AvgIpc) is 3.27. The van der Waals surface area contributed by atoms with E-state index in [1.54, 1.807) is 19.1 Å². The minimum atomic E-state index is -1.02. The molecule has 14 heteroatoms. The van der Waals surface area contributed by atoms with E-state index in [0.29, 0.717) is 11.1 Å². The molecular weight excluding hydrogens is 600 g/mol. The molecule has 0 bridgehead atoms. The summed E-state index contributed by atoms with van der Waals surface area (Å²) in [5.41, 5.74) is -0.0770. The van der Waals surface area contributed by atoms with Crippen LogP contribution in [-0.2, 0) is 19.2 Å². The number of ether oxygens (including phenoxy) is 1. The molecule has 1 fully saturated rings. The number of allylic oxidation sites excluding steroid dienone is 6. The van der Waals surface area contributed by atoms with Gasteiger partial charge in [0.1, 0.15) is 0 Å². The molecule has 1 heterocycles. The summed E-state index contributed by atoms with van der Waals surface area (Å²) in [6.45, 7) is 1.54. The van der Waals surface area contributed by atoms with Crippen LogP contribution in [0.25, 0.3) is 0 Å². The normalized spacial score (nSPS) is 23.8. The number of hydrogen-bond donors (Lipinski definition) is 1. The van der Waals surface area contributed by atoms with Crippen LogP contribution in [0.15, 0.2) is 64.8 Å². The van der Waals surface area contributed by atoms with Crippen molar-refractivity contribution < 1.29 is 38.9 Å². The second-order valence-electron chi connectivity index (χ2n) is 11.9. The van der Waals surface area contributed by atoms with Crippen molar-refractivity contribution in [2.75, 3.05) is 31.0 Å². The number of amides is 2. The van der Waals surface area contributed by atoms with Gasteiger partial charge in [-0.05, 0) is 49.5 Å². The molecule has 2 aromatic carbocycles. The Kier molecular flexibility index (Phi) is 7.10. The molecule has 1 N–H and O–H groups in total. The zero-order valence-electron chi connectivity index (χ0n) is 25.2. The first kappa shape index (κ1) is 30.4. The predicted octanol–water partition coefficient (Wildman–Crippen LogP) is 3.92. The zero-order chi connectivity index (χ0) is 33.4. The zero-order valence-corrected chi connectivity index (χ0v) is 25.2. The molecule has 0 aromatic heterocycles. The molecule has 1 saturated heterocycles. The van der Waals surface area contributed by atoms with E-state index in [1.807, 2.05) is 0 Å². The van der Waals surface area contributed by atoms with Gasteiger partial charge in [0.25, 0.3) is 0 Å². The Morgan fingerprint density at radius 3 is 2.20 bits per heavy atom. The molecule has 3 aliphatic carbocycles. The Labute approximate surface area is 261 Å². The highest BCUT2D eigenvalue weighted by Gasteiger charge is 2.57. The number of benzene rings is 2. The van der Waals surface area contributed by atoms with E-state index < -0.39 is 62.5 Å². The summed E-state index contributed by atoms with van der Waals surface area (Å²) >= 11 is 0. The van der Waals surface area contributed by atoms with Crippen LogP contribution in [0.1, 0.15) is 31.2 Å². The summed E-state index contributed by atoms with van der Waals surface area (Å²) in [5.74, 6) is -5.58. The number of hydrogen-bond acceptors (Lipinski definition) is 11. The van der Waals surface area contributed by atoms with Gasteiger partial charge in [0, 0.05) is 48.9 Å². The molecule has 2 amide bonds. The molecule has 46 heavy (non-hydrogen) atoms. The van der Waals surface area contributed by atoms with Gasteiger partial charge >= 0.3 is 11.4 Å². The quantitative estimate of drug-likeness (QED) is 0.160. The summed E-state index contributed by atoms with van der Waals surface area (Å²) in [6, 6.07) is 6.58. The van der Waals surface area contributed by atoms with Crippen LogP contribution in [0.3, 0.4) is 0 Å². The monoisotopic (exact) mass is 628 g/mol. The third-order valence-electron chi connectivity index (χ3n) is 9.25. The number of aromatic hydroxyl groups is 1. The number of phenolic OH excluding ortho intramolecular Hbond substituents is 1. The number of nitrogens with zero attached hydrogens (tertiary/aromatic N) is 4. The van der Waals surface area contributed by atoms with Crippen LogP contribution in [-0.4, -0.2) is 59.5 Å². The van der Waals surface area contributed by atoms with Crippen LogP contribution in [0.5, 0.6) is 11.5 Å². The van der Waals surface area contributed by atoms with Gasteiger partial charge < -0.3 is 14.7 Å². The summed E-state index contributed by atoms with van der Waals surface area (Å²) in [7, 11) is 4.20. The van der Waals surface area contributed by atoms with Crippen LogP contribution < -0.4 is 14.5 Å². The first-order valence-corrected chi connectivity index (χ1v) is 14.4. The fraction of sp³-hybridized carbons (Fsp3) is 0.312. The number of imide groups is 1. The largest absolute Gasteiger partial charge is 0.504 e. The fourth-order valence-corrected chi connectivity index (χ4v) is 7.34. The molecule has 0 spiro atoms. The lowest BCUT2D eigenvalue weighted by atomic mass is 9.59. The standard InChI is InChI=1S/C32H28N4O10/c1-14-9-23(37)20-13-19-17(26(28(20)30(14)39)15-5-8-25(46-4)24(38)10-15)6-7-18-27(19)32(41)34(31(18)40)16-11-21(35(42)43)29(33(2)3)22(12-16)36(44)45/h5-6,8-12,18-19,26-27,38H,7,13H2,1-4H3. The number of fused-ring (bicyclic) bond motifs is 3. The number of nitro benzene ring substituents is 2. The van der Waals surface area contributed by atoms with Crippen molar-refractivity contribution in [3.63, 3.8) is 0 Å². The highest BCUT2D eigenvalue weighted by Crippen LogP contribution is 2.56. The summed E-state index contributed by atoms with van der Waals surface area (Å²) in [6.07, 6.45) is 3.09. The summed E-state index contributed by atoms with van der Waals surface area (Å²) in [4.78, 5) is 79.3.